The number of fused-ring (bicyclic) bond motifs is 1. The number of amides is 1. The van der Waals surface area contributed by atoms with Crippen LogP contribution in [0, 0.1) is 11.2 Å². The number of likely N-dealkylation sites (tertiary alicyclic amines) is 2. The Bertz CT molecular complexity index is 1720. The highest BCUT2D eigenvalue weighted by atomic mass is 19.1. The van der Waals surface area contributed by atoms with Crippen LogP contribution in [0.25, 0.3) is 39.6 Å². The van der Waals surface area contributed by atoms with Crippen molar-refractivity contribution in [3.05, 3.63) is 84.4 Å². The van der Waals surface area contributed by atoms with Crippen LogP contribution in [-0.2, 0) is 11.3 Å². The van der Waals surface area contributed by atoms with E-state index in [1.807, 2.05) is 21.6 Å². The zero-order chi connectivity index (χ0) is 28.0. The zero-order valence-electron chi connectivity index (χ0n) is 22.4. The van der Waals surface area contributed by atoms with Gasteiger partial charge in [0, 0.05) is 50.2 Å². The number of anilines is 1. The van der Waals surface area contributed by atoms with Crippen molar-refractivity contribution >= 4 is 23.4 Å². The number of aromatic nitrogens is 5. The summed E-state index contributed by atoms with van der Waals surface area (Å²) < 4.78 is 15.5. The molecular weight excluding hydrogens is 519 g/mol. The SMILES string of the molecule is Nc1ncccc1-c1nc2cnc(-c3ccc(F)cc3)nc2n1-c1ccc(CN2CC3(CCN(C=O)CC3)C2)cc1. The Morgan fingerprint density at radius 3 is 2.41 bits per heavy atom. The Hall–Kier alpha value is -4.70. The minimum Gasteiger partial charge on any atom is -0.383 e. The molecule has 1 spiro atoms. The van der Waals surface area contributed by atoms with Gasteiger partial charge in [0.2, 0.25) is 6.41 Å². The average molecular weight is 549 g/mol. The summed E-state index contributed by atoms with van der Waals surface area (Å²) in [5, 5.41) is 0. The molecule has 0 bridgehead atoms. The van der Waals surface area contributed by atoms with Crippen molar-refractivity contribution in [1.29, 1.82) is 0 Å². The van der Waals surface area contributed by atoms with E-state index >= 15 is 0 Å². The number of imidazole rings is 1. The van der Waals surface area contributed by atoms with Crippen LogP contribution in [-0.4, -0.2) is 66.9 Å². The van der Waals surface area contributed by atoms with Crippen LogP contribution in [0.1, 0.15) is 18.4 Å². The van der Waals surface area contributed by atoms with E-state index < -0.39 is 0 Å². The first kappa shape index (κ1) is 25.3. The molecule has 0 aliphatic carbocycles. The molecule has 5 heterocycles. The summed E-state index contributed by atoms with van der Waals surface area (Å²) in [5.74, 6) is 1.16. The quantitative estimate of drug-likeness (QED) is 0.315. The molecule has 0 saturated carbocycles. The van der Waals surface area contributed by atoms with Gasteiger partial charge in [0.15, 0.2) is 17.3 Å². The molecule has 0 unspecified atom stereocenters. The van der Waals surface area contributed by atoms with Gasteiger partial charge >= 0.3 is 0 Å². The van der Waals surface area contributed by atoms with Crippen LogP contribution in [0.2, 0.25) is 0 Å². The summed E-state index contributed by atoms with van der Waals surface area (Å²) in [4.78, 5) is 33.9. The first-order chi connectivity index (χ1) is 20.0. The molecule has 41 heavy (non-hydrogen) atoms. The number of halogens is 1. The Labute approximate surface area is 236 Å². The number of carbonyl (C=O) groups is 1. The predicted molar refractivity (Wildman–Crippen MR) is 154 cm³/mol. The highest BCUT2D eigenvalue weighted by Crippen LogP contribution is 2.41. The van der Waals surface area contributed by atoms with Crippen molar-refractivity contribution in [2.45, 2.75) is 19.4 Å². The predicted octanol–water partition coefficient (Wildman–Crippen LogP) is 4.32. The molecule has 2 N–H and O–H groups in total. The number of hydrogen-bond acceptors (Lipinski definition) is 7. The fourth-order valence-corrected chi connectivity index (χ4v) is 6.09. The van der Waals surface area contributed by atoms with E-state index in [1.165, 1.54) is 17.7 Å². The monoisotopic (exact) mass is 548 g/mol. The molecule has 1 amide bonds. The van der Waals surface area contributed by atoms with Crippen molar-refractivity contribution in [3.63, 3.8) is 0 Å². The maximum absolute atomic E-state index is 13.5. The zero-order valence-corrected chi connectivity index (χ0v) is 22.4. The summed E-state index contributed by atoms with van der Waals surface area (Å²) in [6.07, 6.45) is 6.46. The second-order valence-electron chi connectivity index (χ2n) is 11.1. The summed E-state index contributed by atoms with van der Waals surface area (Å²) in [7, 11) is 0. The van der Waals surface area contributed by atoms with E-state index in [2.05, 4.69) is 39.1 Å². The normalized spacial score (nSPS) is 16.7. The summed E-state index contributed by atoms with van der Waals surface area (Å²) in [6.45, 7) is 4.74. The Kier molecular flexibility index (Phi) is 6.19. The third-order valence-electron chi connectivity index (χ3n) is 8.31. The van der Waals surface area contributed by atoms with Gasteiger partial charge in [-0.3, -0.25) is 14.3 Å². The van der Waals surface area contributed by atoms with Gasteiger partial charge in [0.05, 0.1) is 11.8 Å². The highest BCUT2D eigenvalue weighted by Gasteiger charge is 2.44. The van der Waals surface area contributed by atoms with Gasteiger partial charge < -0.3 is 10.6 Å². The minimum absolute atomic E-state index is 0.314. The number of rotatable bonds is 6. The number of benzene rings is 2. The standard InChI is InChI=1S/C31H29FN8O/c32-23-7-5-22(6-8-23)28-35-16-26-30(37-28)40(29(36-26)25-2-1-13-34-27(25)33)24-9-3-21(4-10-24)17-39-18-31(19-39)11-14-38(20-41)15-12-31/h1-10,13,16,20H,11-12,14-15,17-19H2,(H2,33,34). The number of piperidine rings is 1. The van der Waals surface area contributed by atoms with Gasteiger partial charge in [-0.2, -0.15) is 0 Å². The van der Waals surface area contributed by atoms with Gasteiger partial charge in [-0.1, -0.05) is 12.1 Å². The third kappa shape index (κ3) is 4.70. The number of nitrogens with zero attached hydrogens (tertiary/aromatic N) is 7. The molecule has 2 aliphatic heterocycles. The second kappa shape index (κ2) is 10.0. The van der Waals surface area contributed by atoms with Crippen LogP contribution in [0.15, 0.2) is 73.1 Å². The lowest BCUT2D eigenvalue weighted by molar-refractivity contribution is -0.123. The van der Waals surface area contributed by atoms with E-state index in [-0.39, 0.29) is 5.82 Å². The van der Waals surface area contributed by atoms with Crippen LogP contribution < -0.4 is 5.73 Å². The van der Waals surface area contributed by atoms with Crippen LogP contribution in [0.4, 0.5) is 10.2 Å². The van der Waals surface area contributed by atoms with Gasteiger partial charge in [-0.25, -0.2) is 24.3 Å². The van der Waals surface area contributed by atoms with E-state index in [0.29, 0.717) is 45.2 Å². The number of hydrogen-bond donors (Lipinski definition) is 1. The Morgan fingerprint density at radius 1 is 0.951 bits per heavy atom. The largest absolute Gasteiger partial charge is 0.383 e. The van der Waals surface area contributed by atoms with E-state index in [1.54, 1.807) is 24.5 Å². The third-order valence-corrected chi connectivity index (χ3v) is 8.31. The molecule has 2 aliphatic rings. The number of pyridine rings is 1. The second-order valence-corrected chi connectivity index (χ2v) is 11.1. The lowest BCUT2D eigenvalue weighted by atomic mass is 9.72. The van der Waals surface area contributed by atoms with Gasteiger partial charge in [-0.05, 0) is 72.4 Å². The summed E-state index contributed by atoms with van der Waals surface area (Å²) in [5.41, 5.74) is 11.4. The first-order valence-electron chi connectivity index (χ1n) is 13.7. The van der Waals surface area contributed by atoms with Crippen molar-refractivity contribution < 1.29 is 9.18 Å². The highest BCUT2D eigenvalue weighted by molar-refractivity contribution is 5.83. The molecule has 5 aromatic rings. The lowest BCUT2D eigenvalue weighted by Crippen LogP contribution is -2.59. The molecule has 0 radical (unpaired) electrons. The van der Waals surface area contributed by atoms with Crippen molar-refractivity contribution in [2.75, 3.05) is 31.9 Å². The van der Waals surface area contributed by atoms with Crippen molar-refractivity contribution in [1.82, 2.24) is 34.3 Å². The minimum atomic E-state index is -0.314. The van der Waals surface area contributed by atoms with Crippen molar-refractivity contribution in [2.24, 2.45) is 5.41 Å². The first-order valence-corrected chi connectivity index (χ1v) is 13.7. The molecule has 2 saturated heterocycles. The summed E-state index contributed by atoms with van der Waals surface area (Å²) in [6, 6.07) is 18.3. The fourth-order valence-electron chi connectivity index (χ4n) is 6.09. The smallest absolute Gasteiger partial charge is 0.209 e. The summed E-state index contributed by atoms with van der Waals surface area (Å²) >= 11 is 0. The van der Waals surface area contributed by atoms with Crippen LogP contribution in [0.3, 0.4) is 0 Å². The molecule has 10 heteroatoms. The van der Waals surface area contributed by atoms with Gasteiger partial charge in [0.25, 0.3) is 0 Å². The molecule has 7 rings (SSSR count). The Morgan fingerprint density at radius 2 is 1.71 bits per heavy atom. The lowest BCUT2D eigenvalue weighted by Gasteiger charge is -2.53. The number of nitrogen functional groups attached to an aromatic ring is 1. The van der Waals surface area contributed by atoms with E-state index in [4.69, 9.17) is 15.7 Å². The maximum atomic E-state index is 13.5. The van der Waals surface area contributed by atoms with Gasteiger partial charge in [-0.15, -0.1) is 0 Å². The molecular formula is C31H29FN8O. The Balaban J connectivity index is 1.20. The molecule has 206 valence electrons. The number of nitrogens with two attached hydrogens (primary N) is 1. The molecule has 2 fully saturated rings. The topological polar surface area (TPSA) is 106 Å². The van der Waals surface area contributed by atoms with Crippen LogP contribution in [0.5, 0.6) is 0 Å². The molecule has 0 atom stereocenters. The molecule has 9 nitrogen and oxygen atoms in total. The molecule has 3 aromatic heterocycles. The molecule has 2 aromatic carbocycles. The van der Waals surface area contributed by atoms with E-state index in [9.17, 15) is 9.18 Å². The maximum Gasteiger partial charge on any atom is 0.209 e. The van der Waals surface area contributed by atoms with E-state index in [0.717, 1.165) is 57.7 Å². The fraction of sp³-hybridized carbons (Fsp3) is 0.258. The van der Waals surface area contributed by atoms with Gasteiger partial charge in [0.1, 0.15) is 17.2 Å². The van der Waals surface area contributed by atoms with Crippen molar-refractivity contribution in [3.8, 4) is 28.5 Å². The van der Waals surface area contributed by atoms with Crippen LogP contribution >= 0.6 is 0 Å². The average Bonchev–Trinajstić information content (AvgIpc) is 3.36. The number of carbonyl (C=O) groups excluding carboxylic acids is 1.